The first-order valence-corrected chi connectivity index (χ1v) is 14.3. The summed E-state index contributed by atoms with van der Waals surface area (Å²) < 4.78 is 6.25. The predicted molar refractivity (Wildman–Crippen MR) is 135 cm³/mol. The molecule has 5 rings (SSSR count). The number of hydrogen-bond donors (Lipinski definition) is 6. The molecule has 5 aliphatic rings. The first-order chi connectivity index (χ1) is 16.9. The van der Waals surface area contributed by atoms with Gasteiger partial charge in [0, 0.05) is 17.3 Å². The van der Waals surface area contributed by atoms with Crippen LogP contribution in [0.25, 0.3) is 0 Å². The van der Waals surface area contributed by atoms with E-state index in [1.54, 1.807) is 6.92 Å². The fourth-order valence-electron chi connectivity index (χ4n) is 9.92. The summed E-state index contributed by atoms with van der Waals surface area (Å²) in [4.78, 5) is 0. The van der Waals surface area contributed by atoms with Gasteiger partial charge < -0.3 is 35.4 Å². The maximum Gasteiger partial charge on any atom is 0.104 e. The summed E-state index contributed by atoms with van der Waals surface area (Å²) in [6, 6.07) is 0. The van der Waals surface area contributed by atoms with E-state index >= 15 is 0 Å². The Balaban J connectivity index is 1.49. The Hall–Kier alpha value is -0.540. The molecule has 0 radical (unpaired) electrons. The van der Waals surface area contributed by atoms with Gasteiger partial charge >= 0.3 is 0 Å². The average Bonchev–Trinajstić information content (AvgIpc) is 3.22. The van der Waals surface area contributed by atoms with E-state index in [-0.39, 0.29) is 30.0 Å². The number of aliphatic hydroxyl groups is 6. The van der Waals surface area contributed by atoms with Crippen LogP contribution in [-0.4, -0.2) is 79.5 Å². The topological polar surface area (TPSA) is 131 Å². The molecule has 6 N–H and O–H groups in total. The first-order valence-electron chi connectivity index (χ1n) is 14.3. The molecule has 0 aromatic carbocycles. The van der Waals surface area contributed by atoms with E-state index in [4.69, 9.17) is 4.74 Å². The third kappa shape index (κ3) is 3.42. The molecular weight excluding hydrogens is 460 g/mol. The maximum atomic E-state index is 12.5. The minimum absolute atomic E-state index is 0.0142. The quantitative estimate of drug-likeness (QED) is 0.314. The molecule has 4 fully saturated rings. The molecule has 4 aliphatic carbocycles. The molecule has 0 amide bonds. The van der Waals surface area contributed by atoms with E-state index in [2.05, 4.69) is 19.9 Å². The third-order valence-electron chi connectivity index (χ3n) is 12.2. The zero-order valence-corrected chi connectivity index (χ0v) is 22.4. The fraction of sp³-hybridized carbons (Fsp3) is 0.931. The van der Waals surface area contributed by atoms with Gasteiger partial charge in [-0.1, -0.05) is 32.4 Å². The highest BCUT2D eigenvalue weighted by Gasteiger charge is 2.71. The van der Waals surface area contributed by atoms with E-state index in [0.29, 0.717) is 31.1 Å². The lowest BCUT2D eigenvalue weighted by Crippen LogP contribution is -2.63. The second-order valence-electron chi connectivity index (χ2n) is 13.6. The number of aliphatic hydroxyl groups excluding tert-OH is 5. The molecule has 7 heteroatoms. The van der Waals surface area contributed by atoms with Gasteiger partial charge in [0.05, 0.1) is 43.2 Å². The Kier molecular flexibility index (Phi) is 6.76. The smallest absolute Gasteiger partial charge is 0.104 e. The Morgan fingerprint density at radius 2 is 1.75 bits per heavy atom. The van der Waals surface area contributed by atoms with Gasteiger partial charge in [-0.05, 0) is 81.5 Å². The van der Waals surface area contributed by atoms with Crippen LogP contribution in [0.5, 0.6) is 0 Å². The van der Waals surface area contributed by atoms with Gasteiger partial charge in [0.15, 0.2) is 0 Å². The Morgan fingerprint density at radius 3 is 2.36 bits per heavy atom. The zero-order chi connectivity index (χ0) is 26.3. The zero-order valence-electron chi connectivity index (χ0n) is 22.4. The van der Waals surface area contributed by atoms with Crippen molar-refractivity contribution < 1.29 is 35.4 Å². The SMILES string of the molecule is CC[C@H]1[C@H](O)[C@H]([C@@H](CO)[C@@]2(O)[C@@H](O)C[C@H]3C4=CC[C@H]5C[C@@H](O)CC[C@]5(C)C4CC[C@@]32C)O[C@]1(C)CO. The maximum absolute atomic E-state index is 12.5. The van der Waals surface area contributed by atoms with E-state index in [0.717, 1.165) is 32.1 Å². The van der Waals surface area contributed by atoms with Crippen molar-refractivity contribution in [3.63, 3.8) is 0 Å². The standard InChI is InChI=1S/C29H48O7/c1-5-19-24(34)25(36-28(19,4)15-31)22(14-30)29(35)23(33)13-21-18-7-6-16-12-17(32)8-10-26(16,2)20(18)9-11-27(21,29)3/h7,16-17,19-25,30-35H,5-6,8-15H2,1-4H3/t16-,17-,19-,20?,21-,22+,23-,24-,25-,26-,27-,28+,29+/m0/s1. The van der Waals surface area contributed by atoms with Crippen LogP contribution < -0.4 is 0 Å². The summed E-state index contributed by atoms with van der Waals surface area (Å²) in [6.07, 6.45) is 5.44. The highest BCUT2D eigenvalue weighted by molar-refractivity contribution is 5.32. The molecule has 0 bridgehead atoms. The number of ether oxygens (including phenoxy) is 1. The molecular formula is C29H48O7. The van der Waals surface area contributed by atoms with Crippen molar-refractivity contribution in [1.82, 2.24) is 0 Å². The van der Waals surface area contributed by atoms with Crippen molar-refractivity contribution in [2.45, 2.75) is 115 Å². The number of fused-ring (bicyclic) bond motifs is 5. The van der Waals surface area contributed by atoms with Crippen molar-refractivity contribution in [2.75, 3.05) is 13.2 Å². The van der Waals surface area contributed by atoms with Gasteiger partial charge in [0.25, 0.3) is 0 Å². The van der Waals surface area contributed by atoms with Gasteiger partial charge in [-0.25, -0.2) is 0 Å². The monoisotopic (exact) mass is 508 g/mol. The number of rotatable bonds is 5. The van der Waals surface area contributed by atoms with Crippen LogP contribution in [0, 0.1) is 40.4 Å². The molecule has 0 aromatic heterocycles. The fourth-order valence-corrected chi connectivity index (χ4v) is 9.92. The molecule has 1 unspecified atom stereocenters. The predicted octanol–water partition coefficient (Wildman–Crippen LogP) is 2.16. The van der Waals surface area contributed by atoms with Crippen molar-refractivity contribution in [3.8, 4) is 0 Å². The van der Waals surface area contributed by atoms with Crippen LogP contribution in [0.2, 0.25) is 0 Å². The molecule has 0 aromatic rings. The summed E-state index contributed by atoms with van der Waals surface area (Å²) in [7, 11) is 0. The molecule has 3 saturated carbocycles. The minimum Gasteiger partial charge on any atom is -0.396 e. The summed E-state index contributed by atoms with van der Waals surface area (Å²) >= 11 is 0. The van der Waals surface area contributed by atoms with Gasteiger partial charge in [-0.3, -0.25) is 0 Å². The van der Waals surface area contributed by atoms with E-state index in [1.807, 2.05) is 6.92 Å². The van der Waals surface area contributed by atoms with Crippen molar-refractivity contribution >= 4 is 0 Å². The van der Waals surface area contributed by atoms with E-state index < -0.39 is 47.5 Å². The van der Waals surface area contributed by atoms with E-state index in [1.165, 1.54) is 5.57 Å². The van der Waals surface area contributed by atoms with Gasteiger partial charge in [0.2, 0.25) is 0 Å². The lowest BCUT2D eigenvalue weighted by Gasteiger charge is -2.59. The van der Waals surface area contributed by atoms with Crippen LogP contribution >= 0.6 is 0 Å². The second kappa shape index (κ2) is 9.00. The molecule has 1 heterocycles. The summed E-state index contributed by atoms with van der Waals surface area (Å²) in [6.45, 7) is 7.45. The normalized spacial score (nSPS) is 55.4. The molecule has 0 spiro atoms. The minimum atomic E-state index is -1.64. The van der Waals surface area contributed by atoms with E-state index in [9.17, 15) is 30.6 Å². The van der Waals surface area contributed by atoms with Crippen molar-refractivity contribution in [1.29, 1.82) is 0 Å². The van der Waals surface area contributed by atoms with Crippen LogP contribution in [0.1, 0.15) is 79.1 Å². The van der Waals surface area contributed by atoms with Crippen LogP contribution in [-0.2, 0) is 4.74 Å². The molecule has 13 atom stereocenters. The van der Waals surface area contributed by atoms with Gasteiger partial charge in [-0.15, -0.1) is 0 Å². The molecule has 1 saturated heterocycles. The lowest BCUT2D eigenvalue weighted by atomic mass is 9.47. The molecule has 7 nitrogen and oxygen atoms in total. The summed E-state index contributed by atoms with van der Waals surface area (Å²) in [5.74, 6) is -0.394. The largest absolute Gasteiger partial charge is 0.396 e. The first kappa shape index (κ1) is 27.0. The van der Waals surface area contributed by atoms with Gasteiger partial charge in [0.1, 0.15) is 5.60 Å². The van der Waals surface area contributed by atoms with Gasteiger partial charge in [-0.2, -0.15) is 0 Å². The third-order valence-corrected chi connectivity index (χ3v) is 12.2. The second-order valence-corrected chi connectivity index (χ2v) is 13.6. The molecule has 206 valence electrons. The summed E-state index contributed by atoms with van der Waals surface area (Å²) in [5.41, 5.74) is -1.82. The Bertz CT molecular complexity index is 878. The molecule has 1 aliphatic heterocycles. The van der Waals surface area contributed by atoms with Crippen LogP contribution in [0.4, 0.5) is 0 Å². The average molecular weight is 509 g/mol. The van der Waals surface area contributed by atoms with Crippen LogP contribution in [0.15, 0.2) is 11.6 Å². The Labute approximate surface area is 215 Å². The van der Waals surface area contributed by atoms with Crippen molar-refractivity contribution in [3.05, 3.63) is 11.6 Å². The summed E-state index contributed by atoms with van der Waals surface area (Å²) in [5, 5.41) is 66.2. The highest BCUT2D eigenvalue weighted by Crippen LogP contribution is 2.68. The number of allylic oxidation sites excluding steroid dienone is 2. The van der Waals surface area contributed by atoms with Crippen LogP contribution in [0.3, 0.4) is 0 Å². The van der Waals surface area contributed by atoms with Crippen molar-refractivity contribution in [2.24, 2.45) is 40.4 Å². The highest BCUT2D eigenvalue weighted by atomic mass is 16.5. The number of hydrogen-bond acceptors (Lipinski definition) is 7. The lowest BCUT2D eigenvalue weighted by molar-refractivity contribution is -0.219. The Morgan fingerprint density at radius 1 is 1.03 bits per heavy atom. The molecule has 36 heavy (non-hydrogen) atoms.